The van der Waals surface area contributed by atoms with Crippen LogP contribution < -0.4 is 0 Å². The molecule has 2 aromatic carbocycles. The molecular weight excluding hydrogens is 328 g/mol. The van der Waals surface area contributed by atoms with E-state index in [1.54, 1.807) is 0 Å². The van der Waals surface area contributed by atoms with E-state index in [1.165, 1.54) is 11.8 Å². The predicted octanol–water partition coefficient (Wildman–Crippen LogP) is 4.85. The summed E-state index contributed by atoms with van der Waals surface area (Å²) in [4.78, 5) is 9.00. The molecule has 0 spiro atoms. The summed E-state index contributed by atoms with van der Waals surface area (Å²) >= 11 is 1.45. The van der Waals surface area contributed by atoms with Crippen LogP contribution in [-0.4, -0.2) is 20.2 Å². The van der Waals surface area contributed by atoms with E-state index < -0.39 is 0 Å². The summed E-state index contributed by atoms with van der Waals surface area (Å²) in [6.07, 6.45) is 0. The molecule has 0 atom stereocenters. The van der Waals surface area contributed by atoms with Gasteiger partial charge in [-0.3, -0.25) is 0 Å². The van der Waals surface area contributed by atoms with Crippen LogP contribution >= 0.6 is 11.8 Å². The van der Waals surface area contributed by atoms with E-state index in [-0.39, 0.29) is 0 Å². The minimum absolute atomic E-state index is 0.699. The van der Waals surface area contributed by atoms with Gasteiger partial charge in [-0.15, -0.1) is 10.2 Å². The van der Waals surface area contributed by atoms with Crippen molar-refractivity contribution in [1.82, 2.24) is 20.2 Å². The third-order valence-corrected chi connectivity index (χ3v) is 4.71. The monoisotopic (exact) mass is 344 g/mol. The van der Waals surface area contributed by atoms with Gasteiger partial charge in [0.25, 0.3) is 0 Å². The molecule has 2 heterocycles. The molecule has 0 aliphatic carbocycles. The summed E-state index contributed by atoms with van der Waals surface area (Å²) in [5, 5.41) is 12.6. The normalized spacial score (nSPS) is 11.0. The molecule has 0 saturated heterocycles. The average molecular weight is 344 g/mol. The largest absolute Gasteiger partial charge is 0.228 e. The Morgan fingerprint density at radius 2 is 1.36 bits per heavy atom. The van der Waals surface area contributed by atoms with Gasteiger partial charge in [0.15, 0.2) is 5.16 Å². The number of hydrogen-bond donors (Lipinski definition) is 0. The first-order valence-corrected chi connectivity index (χ1v) is 8.83. The second-order valence-corrected chi connectivity index (χ2v) is 6.76. The van der Waals surface area contributed by atoms with Crippen molar-refractivity contribution in [3.05, 3.63) is 72.1 Å². The van der Waals surface area contributed by atoms with Gasteiger partial charge in [0.05, 0.1) is 0 Å². The lowest BCUT2D eigenvalue weighted by atomic mass is 10.1. The molecule has 0 aliphatic heterocycles. The van der Waals surface area contributed by atoms with Gasteiger partial charge in [-0.25, -0.2) is 9.97 Å². The molecule has 5 heteroatoms. The number of fused-ring (bicyclic) bond motifs is 1. The SMILES string of the molecule is Cc1cc(C)nc(Sc2nnc(-c3ccccc3)c3ccccc23)n1. The fourth-order valence-corrected chi connectivity index (χ4v) is 3.71. The Morgan fingerprint density at radius 3 is 2.08 bits per heavy atom. The molecule has 122 valence electrons. The van der Waals surface area contributed by atoms with E-state index in [0.717, 1.165) is 38.4 Å². The van der Waals surface area contributed by atoms with Crippen LogP contribution in [0, 0.1) is 13.8 Å². The van der Waals surface area contributed by atoms with Gasteiger partial charge in [0.2, 0.25) is 0 Å². The molecule has 0 amide bonds. The number of nitrogens with zero attached hydrogens (tertiary/aromatic N) is 4. The highest BCUT2D eigenvalue weighted by molar-refractivity contribution is 7.99. The van der Waals surface area contributed by atoms with E-state index in [9.17, 15) is 0 Å². The van der Waals surface area contributed by atoms with E-state index in [2.05, 4.69) is 44.4 Å². The maximum absolute atomic E-state index is 4.50. The molecule has 4 rings (SSSR count). The Balaban J connectivity index is 1.84. The van der Waals surface area contributed by atoms with Crippen LogP contribution in [0.2, 0.25) is 0 Å². The lowest BCUT2D eigenvalue weighted by Gasteiger charge is -2.09. The van der Waals surface area contributed by atoms with Crippen molar-refractivity contribution in [3.8, 4) is 11.3 Å². The van der Waals surface area contributed by atoms with Crippen LogP contribution in [0.3, 0.4) is 0 Å². The number of rotatable bonds is 3. The van der Waals surface area contributed by atoms with Crippen molar-refractivity contribution in [2.24, 2.45) is 0 Å². The zero-order chi connectivity index (χ0) is 17.2. The van der Waals surface area contributed by atoms with Crippen molar-refractivity contribution < 1.29 is 0 Å². The molecule has 0 radical (unpaired) electrons. The predicted molar refractivity (Wildman–Crippen MR) is 101 cm³/mol. The third-order valence-electron chi connectivity index (χ3n) is 3.85. The Kier molecular flexibility index (Phi) is 4.15. The lowest BCUT2D eigenvalue weighted by Crippen LogP contribution is -1.96. The van der Waals surface area contributed by atoms with E-state index in [0.29, 0.717) is 5.16 Å². The second kappa shape index (κ2) is 6.61. The fourth-order valence-electron chi connectivity index (χ4n) is 2.79. The molecule has 0 bridgehead atoms. The van der Waals surface area contributed by atoms with Crippen molar-refractivity contribution in [1.29, 1.82) is 0 Å². The Labute approximate surface area is 150 Å². The van der Waals surface area contributed by atoms with Gasteiger partial charge in [-0.1, -0.05) is 54.6 Å². The topological polar surface area (TPSA) is 51.6 Å². The minimum Gasteiger partial charge on any atom is -0.228 e. The van der Waals surface area contributed by atoms with Crippen LogP contribution in [0.4, 0.5) is 0 Å². The van der Waals surface area contributed by atoms with Gasteiger partial charge in [0, 0.05) is 27.7 Å². The first-order valence-electron chi connectivity index (χ1n) is 8.02. The van der Waals surface area contributed by atoms with E-state index in [4.69, 9.17) is 0 Å². The second-order valence-electron chi connectivity index (χ2n) is 5.80. The van der Waals surface area contributed by atoms with Gasteiger partial charge in [-0.05, 0) is 31.7 Å². The van der Waals surface area contributed by atoms with Gasteiger partial charge < -0.3 is 0 Å². The molecule has 4 nitrogen and oxygen atoms in total. The van der Waals surface area contributed by atoms with Crippen LogP contribution in [0.1, 0.15) is 11.4 Å². The average Bonchev–Trinajstić information content (AvgIpc) is 2.62. The zero-order valence-electron chi connectivity index (χ0n) is 14.0. The highest BCUT2D eigenvalue weighted by Crippen LogP contribution is 2.33. The van der Waals surface area contributed by atoms with Crippen molar-refractivity contribution in [3.63, 3.8) is 0 Å². The molecule has 0 unspecified atom stereocenters. The van der Waals surface area contributed by atoms with Crippen molar-refractivity contribution in [2.45, 2.75) is 24.0 Å². The first kappa shape index (κ1) is 15.7. The summed E-state index contributed by atoms with van der Waals surface area (Å²) in [5.74, 6) is 0. The van der Waals surface area contributed by atoms with E-state index >= 15 is 0 Å². The van der Waals surface area contributed by atoms with Crippen LogP contribution in [0.15, 0.2) is 70.8 Å². The lowest BCUT2D eigenvalue weighted by molar-refractivity contribution is 0.892. The minimum atomic E-state index is 0.699. The smallest absolute Gasteiger partial charge is 0.194 e. The third kappa shape index (κ3) is 3.23. The summed E-state index contributed by atoms with van der Waals surface area (Å²) in [6, 6.07) is 20.3. The maximum atomic E-state index is 4.50. The molecule has 0 fully saturated rings. The number of hydrogen-bond acceptors (Lipinski definition) is 5. The molecule has 0 saturated carbocycles. The highest BCUT2D eigenvalue weighted by Gasteiger charge is 2.13. The molecule has 0 aliphatic rings. The van der Waals surface area contributed by atoms with Gasteiger partial charge in [-0.2, -0.15) is 0 Å². The van der Waals surface area contributed by atoms with Crippen molar-refractivity contribution in [2.75, 3.05) is 0 Å². The molecule has 4 aromatic rings. The Hall–Kier alpha value is -2.79. The number of aryl methyl sites for hydroxylation is 2. The fraction of sp³-hybridized carbons (Fsp3) is 0.100. The van der Waals surface area contributed by atoms with Crippen LogP contribution in [-0.2, 0) is 0 Å². The Bertz CT molecular complexity index is 1030. The highest BCUT2D eigenvalue weighted by atomic mass is 32.2. The van der Waals surface area contributed by atoms with Gasteiger partial charge in [0.1, 0.15) is 10.7 Å². The molecule has 2 aromatic heterocycles. The quantitative estimate of drug-likeness (QED) is 0.497. The molecular formula is C20H16N4S. The summed E-state index contributed by atoms with van der Waals surface area (Å²) in [7, 11) is 0. The van der Waals surface area contributed by atoms with Gasteiger partial charge >= 0.3 is 0 Å². The number of benzene rings is 2. The van der Waals surface area contributed by atoms with E-state index in [1.807, 2.05) is 50.2 Å². The maximum Gasteiger partial charge on any atom is 0.194 e. The Morgan fingerprint density at radius 1 is 0.720 bits per heavy atom. The summed E-state index contributed by atoms with van der Waals surface area (Å²) < 4.78 is 0. The zero-order valence-corrected chi connectivity index (χ0v) is 14.8. The standard InChI is InChI=1S/C20H16N4S/c1-13-12-14(2)22-20(21-13)25-19-17-11-7-6-10-16(17)18(23-24-19)15-8-4-3-5-9-15/h3-12H,1-2H3. The first-order chi connectivity index (χ1) is 12.2. The van der Waals surface area contributed by atoms with Crippen LogP contribution in [0.5, 0.6) is 0 Å². The summed E-state index contributed by atoms with van der Waals surface area (Å²) in [6.45, 7) is 3.95. The summed E-state index contributed by atoms with van der Waals surface area (Å²) in [5.41, 5.74) is 3.86. The number of aromatic nitrogens is 4. The molecule has 0 N–H and O–H groups in total. The molecule has 25 heavy (non-hydrogen) atoms. The van der Waals surface area contributed by atoms with Crippen LogP contribution in [0.25, 0.3) is 22.0 Å². The van der Waals surface area contributed by atoms with Crippen molar-refractivity contribution >= 4 is 22.5 Å².